The average Bonchev–Trinajstić information content (AvgIpc) is 2.18. The summed E-state index contributed by atoms with van der Waals surface area (Å²) in [5.74, 6) is 0. The molecule has 1 heterocycles. The lowest BCUT2D eigenvalue weighted by Crippen LogP contribution is -1.97. The Bertz CT molecular complexity index is 187. The molecule has 2 radical (unpaired) electrons. The molecule has 1 aromatic heterocycles. The second-order valence-electron chi connectivity index (χ2n) is 1.46. The zero-order chi connectivity index (χ0) is 6.69. The molecule has 1 rings (SSSR count). The van der Waals surface area contributed by atoms with Gasteiger partial charge in [0.25, 0.3) is 0 Å². The molecule has 0 aliphatic heterocycles. The molecule has 4 heteroatoms. The van der Waals surface area contributed by atoms with Crippen LogP contribution in [0, 0.1) is 12.5 Å². The molecule has 0 N–H and O–H groups in total. The molecule has 0 aliphatic carbocycles. The van der Waals surface area contributed by atoms with E-state index in [1.807, 2.05) is 0 Å². The van der Waals surface area contributed by atoms with E-state index in [9.17, 15) is 4.39 Å². The lowest BCUT2D eigenvalue weighted by Gasteiger charge is -1.94. The Hall–Kier alpha value is -0.570. The molecule has 0 atom stereocenters. The maximum Gasteiger partial charge on any atom is 0.178 e. The van der Waals surface area contributed by atoms with Crippen LogP contribution in [0.1, 0.15) is 0 Å². The third-order valence-electron chi connectivity index (χ3n) is 0.864. The zero-order valence-electron chi connectivity index (χ0n) is 4.56. The molecule has 0 aromatic carbocycles. The summed E-state index contributed by atoms with van der Waals surface area (Å²) in [5, 5.41) is 0.299. The van der Waals surface area contributed by atoms with Crippen molar-refractivity contribution in [3.8, 4) is 0 Å². The number of hydrogen-bond acceptors (Lipinski definition) is 1. The Morgan fingerprint density at radius 3 is 3.00 bits per heavy atom. The SMILES string of the molecule is FCCn1[c]n[c]c1Cl. The first-order valence-electron chi connectivity index (χ1n) is 2.42. The van der Waals surface area contributed by atoms with Crippen molar-refractivity contribution in [2.45, 2.75) is 6.54 Å². The highest BCUT2D eigenvalue weighted by atomic mass is 35.5. The predicted octanol–water partition coefficient (Wildman–Crippen LogP) is 1.11. The van der Waals surface area contributed by atoms with Crippen LogP contribution in [0.3, 0.4) is 0 Å². The van der Waals surface area contributed by atoms with Gasteiger partial charge in [0, 0.05) is 0 Å². The summed E-state index contributed by atoms with van der Waals surface area (Å²) in [7, 11) is 0. The third-order valence-corrected chi connectivity index (χ3v) is 1.15. The van der Waals surface area contributed by atoms with Crippen LogP contribution in [0.25, 0.3) is 0 Å². The first-order chi connectivity index (χ1) is 4.34. The highest BCUT2D eigenvalue weighted by molar-refractivity contribution is 6.29. The van der Waals surface area contributed by atoms with Crippen LogP contribution in [0.5, 0.6) is 0 Å². The van der Waals surface area contributed by atoms with Crippen LogP contribution < -0.4 is 0 Å². The summed E-state index contributed by atoms with van der Waals surface area (Å²) < 4.78 is 13.0. The highest BCUT2D eigenvalue weighted by Gasteiger charge is 1.96. The minimum atomic E-state index is -0.458. The lowest BCUT2D eigenvalue weighted by molar-refractivity contribution is 0.444. The summed E-state index contributed by atoms with van der Waals surface area (Å²) in [4.78, 5) is 3.45. The van der Waals surface area contributed by atoms with Gasteiger partial charge in [-0.25, -0.2) is 9.37 Å². The second-order valence-corrected chi connectivity index (χ2v) is 1.81. The van der Waals surface area contributed by atoms with E-state index < -0.39 is 6.67 Å². The van der Waals surface area contributed by atoms with Gasteiger partial charge >= 0.3 is 0 Å². The van der Waals surface area contributed by atoms with Gasteiger partial charge in [0.05, 0.1) is 6.54 Å². The molecule has 0 aliphatic rings. The minimum absolute atomic E-state index is 0.204. The standard InChI is InChI=1S/C5H4ClFN2/c6-5-3-8-4-9(5)2-1-7/h1-2H2. The molecular formula is C5H4ClFN2. The molecule has 9 heavy (non-hydrogen) atoms. The molecule has 1 aromatic rings. The topological polar surface area (TPSA) is 17.8 Å². The van der Waals surface area contributed by atoms with E-state index in [0.29, 0.717) is 5.15 Å². The van der Waals surface area contributed by atoms with Crippen LogP contribution in [-0.2, 0) is 6.54 Å². The normalized spacial score (nSPS) is 10.0. The van der Waals surface area contributed by atoms with Gasteiger partial charge < -0.3 is 4.57 Å². The molecule has 0 saturated carbocycles. The van der Waals surface area contributed by atoms with Gasteiger partial charge in [-0.2, -0.15) is 0 Å². The van der Waals surface area contributed by atoms with Gasteiger partial charge in [-0.15, -0.1) is 0 Å². The van der Waals surface area contributed by atoms with E-state index in [0.717, 1.165) is 0 Å². The first kappa shape index (κ1) is 6.55. The molecule has 0 saturated heterocycles. The molecule has 0 fully saturated rings. The second kappa shape index (κ2) is 2.82. The fourth-order valence-electron chi connectivity index (χ4n) is 0.468. The van der Waals surface area contributed by atoms with Crippen molar-refractivity contribution in [3.05, 3.63) is 17.7 Å². The fourth-order valence-corrected chi connectivity index (χ4v) is 0.633. The monoisotopic (exact) mass is 146 g/mol. The van der Waals surface area contributed by atoms with Crippen molar-refractivity contribution in [3.63, 3.8) is 0 Å². The van der Waals surface area contributed by atoms with Gasteiger partial charge in [0.15, 0.2) is 6.33 Å². The zero-order valence-corrected chi connectivity index (χ0v) is 5.32. The fraction of sp³-hybridized carbons (Fsp3) is 0.400. The van der Waals surface area contributed by atoms with Crippen molar-refractivity contribution in [1.29, 1.82) is 0 Å². The summed E-state index contributed by atoms with van der Waals surface area (Å²) >= 11 is 5.47. The summed E-state index contributed by atoms with van der Waals surface area (Å²) in [6.45, 7) is -0.254. The van der Waals surface area contributed by atoms with Crippen LogP contribution in [0.2, 0.25) is 5.15 Å². The third kappa shape index (κ3) is 1.42. The average molecular weight is 147 g/mol. The number of aromatic nitrogens is 2. The Balaban J connectivity index is 2.69. The van der Waals surface area contributed by atoms with E-state index in [1.165, 1.54) is 4.57 Å². The van der Waals surface area contributed by atoms with Crippen molar-refractivity contribution in [2.24, 2.45) is 0 Å². The van der Waals surface area contributed by atoms with Gasteiger partial charge in [0.1, 0.15) is 18.0 Å². The van der Waals surface area contributed by atoms with Crippen LogP contribution in [0.15, 0.2) is 0 Å². The van der Waals surface area contributed by atoms with E-state index in [-0.39, 0.29) is 6.54 Å². The van der Waals surface area contributed by atoms with Gasteiger partial charge in [-0.1, -0.05) is 11.6 Å². The maximum absolute atomic E-state index is 11.6. The summed E-state index contributed by atoms with van der Waals surface area (Å²) in [6.07, 6.45) is 4.86. The molecule has 0 spiro atoms. The smallest absolute Gasteiger partial charge is 0.178 e. The first-order valence-corrected chi connectivity index (χ1v) is 2.79. The van der Waals surface area contributed by atoms with E-state index in [2.05, 4.69) is 17.5 Å². The number of aryl methyl sites for hydroxylation is 1. The Kier molecular flexibility index (Phi) is 2.05. The Labute approximate surface area is 57.3 Å². The predicted molar refractivity (Wildman–Crippen MR) is 30.9 cm³/mol. The lowest BCUT2D eigenvalue weighted by atomic mass is 10.7. The number of nitrogens with zero attached hydrogens (tertiary/aromatic N) is 2. The van der Waals surface area contributed by atoms with Crippen LogP contribution >= 0.6 is 11.6 Å². The van der Waals surface area contributed by atoms with E-state index >= 15 is 0 Å². The number of imidazole rings is 1. The maximum atomic E-state index is 11.6. The quantitative estimate of drug-likeness (QED) is 0.611. The molecule has 2 nitrogen and oxygen atoms in total. The van der Waals surface area contributed by atoms with Gasteiger partial charge in [0.2, 0.25) is 0 Å². The molecule has 0 unspecified atom stereocenters. The number of halogens is 2. The number of alkyl halides is 1. The largest absolute Gasteiger partial charge is 0.309 e. The van der Waals surface area contributed by atoms with Crippen LogP contribution in [0.4, 0.5) is 4.39 Å². The van der Waals surface area contributed by atoms with E-state index in [1.54, 1.807) is 0 Å². The van der Waals surface area contributed by atoms with E-state index in [4.69, 9.17) is 11.6 Å². The number of hydrogen-bond donors (Lipinski definition) is 0. The van der Waals surface area contributed by atoms with Crippen LogP contribution in [-0.4, -0.2) is 16.2 Å². The molecule has 0 amide bonds. The summed E-state index contributed by atoms with van der Waals surface area (Å²) in [5.41, 5.74) is 0. The Morgan fingerprint density at radius 1 is 1.78 bits per heavy atom. The van der Waals surface area contributed by atoms with Gasteiger partial charge in [-0.05, 0) is 0 Å². The molecular weight excluding hydrogens is 143 g/mol. The summed E-state index contributed by atoms with van der Waals surface area (Å²) in [6, 6.07) is 0. The van der Waals surface area contributed by atoms with Gasteiger partial charge in [-0.3, -0.25) is 0 Å². The Morgan fingerprint density at radius 2 is 2.56 bits per heavy atom. The molecule has 0 bridgehead atoms. The van der Waals surface area contributed by atoms with Crippen molar-refractivity contribution in [1.82, 2.24) is 9.55 Å². The number of rotatable bonds is 2. The highest BCUT2D eigenvalue weighted by Crippen LogP contribution is 2.03. The molecule has 48 valence electrons. The van der Waals surface area contributed by atoms with Crippen molar-refractivity contribution >= 4 is 11.6 Å². The van der Waals surface area contributed by atoms with Crippen molar-refractivity contribution < 1.29 is 4.39 Å². The minimum Gasteiger partial charge on any atom is -0.309 e. The van der Waals surface area contributed by atoms with Crippen molar-refractivity contribution in [2.75, 3.05) is 6.67 Å².